The molecule has 0 saturated carbocycles. The first-order valence-corrected chi connectivity index (χ1v) is 9.44. The minimum absolute atomic E-state index is 0.0232. The second-order valence-corrected chi connectivity index (χ2v) is 8.26. The summed E-state index contributed by atoms with van der Waals surface area (Å²) in [6, 6.07) is 2.00. The molecular weight excluding hydrogens is 482 g/mol. The number of β-amino-alcohol motifs (C(OH)–C–C–N with tert-alkyl or cyclic N) is 1. The molecule has 124 valence electrons. The number of rotatable bonds is 4. The van der Waals surface area contributed by atoms with Gasteiger partial charge in [-0.2, -0.15) is 0 Å². The number of benzene rings is 1. The quantitative estimate of drug-likeness (QED) is 0.678. The number of morpholine rings is 1. The van der Waals surface area contributed by atoms with Crippen molar-refractivity contribution in [2.45, 2.75) is 32.2 Å². The van der Waals surface area contributed by atoms with Crippen LogP contribution in [-0.4, -0.2) is 48.6 Å². The Kier molecular flexibility index (Phi) is 6.36. The molecule has 0 amide bonds. The number of aliphatic hydroxyl groups is 1. The second-order valence-electron chi connectivity index (χ2n) is 5.75. The van der Waals surface area contributed by atoms with Crippen LogP contribution >= 0.6 is 47.8 Å². The minimum Gasteiger partial charge on any atom is -0.494 e. The van der Waals surface area contributed by atoms with Gasteiger partial charge in [0.2, 0.25) is 0 Å². The van der Waals surface area contributed by atoms with Gasteiger partial charge in [-0.15, -0.1) is 0 Å². The maximum absolute atomic E-state index is 10.1. The Morgan fingerprint density at radius 2 is 2.09 bits per heavy atom. The van der Waals surface area contributed by atoms with E-state index in [1.54, 1.807) is 14.0 Å². The summed E-state index contributed by atoms with van der Waals surface area (Å²) < 4.78 is 13.8. The molecule has 1 fully saturated rings. The molecule has 2 rings (SSSR count). The van der Waals surface area contributed by atoms with Gasteiger partial charge in [0, 0.05) is 17.6 Å². The van der Waals surface area contributed by atoms with E-state index in [9.17, 15) is 5.11 Å². The predicted octanol–water partition coefficient (Wildman–Crippen LogP) is 3.95. The van der Waals surface area contributed by atoms with E-state index in [0.717, 1.165) is 44.2 Å². The van der Waals surface area contributed by atoms with E-state index in [0.29, 0.717) is 6.54 Å². The minimum atomic E-state index is -1.08. The van der Waals surface area contributed by atoms with Crippen molar-refractivity contribution in [2.24, 2.45) is 0 Å². The fourth-order valence-corrected chi connectivity index (χ4v) is 5.66. The van der Waals surface area contributed by atoms with Crippen LogP contribution in [0.4, 0.5) is 0 Å². The highest BCUT2D eigenvalue weighted by Gasteiger charge is 2.33. The SMILES string of the molecule is COc1c(Br)cc(Br)c(CCN2CC(C)OC(C)(O)C2)c1Br. The lowest BCUT2D eigenvalue weighted by molar-refractivity contribution is -0.252. The average Bonchev–Trinajstić information content (AvgIpc) is 2.36. The van der Waals surface area contributed by atoms with E-state index in [-0.39, 0.29) is 6.10 Å². The van der Waals surface area contributed by atoms with Gasteiger partial charge < -0.3 is 14.6 Å². The third kappa shape index (κ3) is 4.45. The lowest BCUT2D eigenvalue weighted by Crippen LogP contribution is -2.53. The van der Waals surface area contributed by atoms with E-state index >= 15 is 0 Å². The van der Waals surface area contributed by atoms with Gasteiger partial charge in [0.15, 0.2) is 5.79 Å². The van der Waals surface area contributed by atoms with Crippen LogP contribution in [0.5, 0.6) is 5.75 Å². The Hall–Kier alpha value is 0.340. The summed E-state index contributed by atoms with van der Waals surface area (Å²) in [4.78, 5) is 2.22. The molecular formula is C15H20Br3NO3. The zero-order chi connectivity index (χ0) is 16.5. The van der Waals surface area contributed by atoms with Crippen LogP contribution in [0.1, 0.15) is 19.4 Å². The van der Waals surface area contributed by atoms with Crippen LogP contribution in [0.25, 0.3) is 0 Å². The summed E-state index contributed by atoms with van der Waals surface area (Å²) in [6.45, 7) is 5.87. The van der Waals surface area contributed by atoms with E-state index in [2.05, 4.69) is 52.7 Å². The van der Waals surface area contributed by atoms with Gasteiger partial charge in [-0.1, -0.05) is 15.9 Å². The normalized spacial score (nSPS) is 26.2. The van der Waals surface area contributed by atoms with Crippen LogP contribution in [0.3, 0.4) is 0 Å². The molecule has 0 bridgehead atoms. The van der Waals surface area contributed by atoms with Gasteiger partial charge in [-0.05, 0) is 63.8 Å². The number of hydrogen-bond donors (Lipinski definition) is 1. The largest absolute Gasteiger partial charge is 0.494 e. The summed E-state index contributed by atoms with van der Waals surface area (Å²) in [6.07, 6.45) is 0.864. The molecule has 2 unspecified atom stereocenters. The van der Waals surface area contributed by atoms with E-state index in [4.69, 9.17) is 9.47 Å². The molecule has 1 saturated heterocycles. The van der Waals surface area contributed by atoms with Gasteiger partial charge in [0.25, 0.3) is 0 Å². The number of nitrogens with zero attached hydrogens (tertiary/aromatic N) is 1. The van der Waals surface area contributed by atoms with Gasteiger partial charge >= 0.3 is 0 Å². The molecule has 1 aromatic carbocycles. The third-order valence-electron chi connectivity index (χ3n) is 3.59. The summed E-state index contributed by atoms with van der Waals surface area (Å²) in [7, 11) is 1.66. The van der Waals surface area contributed by atoms with Crippen molar-refractivity contribution in [1.82, 2.24) is 4.90 Å². The van der Waals surface area contributed by atoms with Crippen molar-refractivity contribution in [1.29, 1.82) is 0 Å². The fourth-order valence-electron chi connectivity index (χ4n) is 2.82. The number of methoxy groups -OCH3 is 1. The molecule has 0 aliphatic carbocycles. The van der Waals surface area contributed by atoms with Crippen molar-refractivity contribution in [3.8, 4) is 5.75 Å². The van der Waals surface area contributed by atoms with Crippen molar-refractivity contribution in [3.05, 3.63) is 25.0 Å². The van der Waals surface area contributed by atoms with Gasteiger partial charge in [-0.25, -0.2) is 0 Å². The molecule has 2 atom stereocenters. The van der Waals surface area contributed by atoms with Crippen molar-refractivity contribution in [2.75, 3.05) is 26.7 Å². The molecule has 1 aliphatic heterocycles. The summed E-state index contributed by atoms with van der Waals surface area (Å²) in [5.41, 5.74) is 1.15. The lowest BCUT2D eigenvalue weighted by Gasteiger charge is -2.40. The van der Waals surface area contributed by atoms with Crippen molar-refractivity contribution < 1.29 is 14.6 Å². The Morgan fingerprint density at radius 1 is 1.41 bits per heavy atom. The zero-order valence-electron chi connectivity index (χ0n) is 12.8. The van der Waals surface area contributed by atoms with Crippen LogP contribution < -0.4 is 4.74 Å². The standard InChI is InChI=1S/C15H20Br3NO3/c1-9-7-19(8-15(2,20)22-9)5-4-10-11(16)6-12(17)14(21-3)13(10)18/h6,9,20H,4-5,7-8H2,1-3H3. The lowest BCUT2D eigenvalue weighted by atomic mass is 10.1. The Labute approximate surface area is 156 Å². The van der Waals surface area contributed by atoms with Crippen LogP contribution in [0.2, 0.25) is 0 Å². The molecule has 1 heterocycles. The van der Waals surface area contributed by atoms with Crippen LogP contribution in [0.15, 0.2) is 19.5 Å². The number of hydrogen-bond acceptors (Lipinski definition) is 4. The maximum Gasteiger partial charge on any atom is 0.175 e. The Bertz CT molecular complexity index is 551. The van der Waals surface area contributed by atoms with Gasteiger partial charge in [-0.3, -0.25) is 4.90 Å². The number of ether oxygens (including phenoxy) is 2. The van der Waals surface area contributed by atoms with E-state index < -0.39 is 5.79 Å². The summed E-state index contributed by atoms with van der Waals surface area (Å²) in [5, 5.41) is 10.1. The molecule has 1 N–H and O–H groups in total. The fraction of sp³-hybridized carbons (Fsp3) is 0.600. The topological polar surface area (TPSA) is 41.9 Å². The molecule has 22 heavy (non-hydrogen) atoms. The summed E-state index contributed by atoms with van der Waals surface area (Å²) in [5.74, 6) is -0.288. The van der Waals surface area contributed by atoms with E-state index in [1.807, 2.05) is 13.0 Å². The Morgan fingerprint density at radius 3 is 2.68 bits per heavy atom. The molecule has 0 radical (unpaired) electrons. The van der Waals surface area contributed by atoms with Crippen molar-refractivity contribution >= 4 is 47.8 Å². The van der Waals surface area contributed by atoms with E-state index in [1.165, 1.54) is 0 Å². The highest BCUT2D eigenvalue weighted by atomic mass is 79.9. The van der Waals surface area contributed by atoms with Crippen LogP contribution in [0, 0.1) is 0 Å². The highest BCUT2D eigenvalue weighted by molar-refractivity contribution is 9.11. The van der Waals surface area contributed by atoms with Gasteiger partial charge in [0.05, 0.1) is 28.7 Å². The maximum atomic E-state index is 10.1. The third-order valence-corrected chi connectivity index (χ3v) is 5.73. The monoisotopic (exact) mass is 499 g/mol. The number of halogens is 3. The second kappa shape index (κ2) is 7.49. The summed E-state index contributed by atoms with van der Waals surface area (Å²) >= 11 is 10.7. The molecule has 1 aromatic rings. The molecule has 4 nitrogen and oxygen atoms in total. The Balaban J connectivity index is 2.12. The molecule has 0 aromatic heterocycles. The van der Waals surface area contributed by atoms with Gasteiger partial charge in [0.1, 0.15) is 5.75 Å². The highest BCUT2D eigenvalue weighted by Crippen LogP contribution is 2.40. The first-order valence-electron chi connectivity index (χ1n) is 7.06. The average molecular weight is 502 g/mol. The van der Waals surface area contributed by atoms with Crippen molar-refractivity contribution in [3.63, 3.8) is 0 Å². The first-order chi connectivity index (χ1) is 10.2. The molecule has 0 spiro atoms. The zero-order valence-corrected chi connectivity index (χ0v) is 17.6. The van der Waals surface area contributed by atoms with Crippen LogP contribution in [-0.2, 0) is 11.2 Å². The first kappa shape index (κ1) is 18.7. The smallest absolute Gasteiger partial charge is 0.175 e. The molecule has 7 heteroatoms. The predicted molar refractivity (Wildman–Crippen MR) is 97.4 cm³/mol. The molecule has 1 aliphatic rings.